The second kappa shape index (κ2) is 10.1. The lowest BCUT2D eigenvalue weighted by atomic mass is 10.0. The monoisotopic (exact) mass is 414 g/mol. The molecule has 0 atom stereocenters. The van der Waals surface area contributed by atoms with E-state index in [-0.39, 0.29) is 5.56 Å². The average Bonchev–Trinajstić information content (AvgIpc) is 3.10. The van der Waals surface area contributed by atoms with E-state index in [1.54, 1.807) is 13.2 Å². The number of fused-ring (bicyclic) bond motifs is 1. The van der Waals surface area contributed by atoms with E-state index in [2.05, 4.69) is 55.0 Å². The van der Waals surface area contributed by atoms with E-state index in [0.29, 0.717) is 24.0 Å². The first-order valence-electron chi connectivity index (χ1n) is 10.2. The topological polar surface area (TPSA) is 59.7 Å². The van der Waals surface area contributed by atoms with E-state index in [1.165, 1.54) is 27.0 Å². The van der Waals surface area contributed by atoms with Gasteiger partial charge in [0, 0.05) is 39.2 Å². The van der Waals surface area contributed by atoms with Gasteiger partial charge in [0.25, 0.3) is 5.56 Å². The van der Waals surface area contributed by atoms with Crippen LogP contribution in [-0.4, -0.2) is 39.8 Å². The van der Waals surface area contributed by atoms with Gasteiger partial charge in [-0.2, -0.15) is 9.61 Å². The largest absolute Gasteiger partial charge is 0.383 e. The second-order valence-corrected chi connectivity index (χ2v) is 8.67. The van der Waals surface area contributed by atoms with Crippen LogP contribution in [0.15, 0.2) is 35.1 Å². The Bertz CT molecular complexity index is 979. The van der Waals surface area contributed by atoms with Crippen molar-refractivity contribution in [3.8, 4) is 0 Å². The number of methoxy groups -OCH3 is 1. The molecule has 7 heteroatoms. The highest BCUT2D eigenvalue weighted by Gasteiger charge is 2.13. The molecular weight excluding hydrogens is 384 g/mol. The Morgan fingerprint density at radius 2 is 1.97 bits per heavy atom. The Labute approximate surface area is 176 Å². The maximum absolute atomic E-state index is 12.5. The fourth-order valence-electron chi connectivity index (χ4n) is 3.22. The van der Waals surface area contributed by atoms with Crippen molar-refractivity contribution in [1.82, 2.24) is 19.5 Å². The number of aryl methyl sites for hydroxylation is 1. The van der Waals surface area contributed by atoms with Crippen molar-refractivity contribution in [2.75, 3.05) is 20.3 Å². The highest BCUT2D eigenvalue weighted by atomic mass is 32.1. The summed E-state index contributed by atoms with van der Waals surface area (Å²) in [5.41, 5.74) is 3.24. The number of hydrogen-bond acceptors (Lipinski definition) is 6. The molecule has 3 aromatic rings. The first-order chi connectivity index (χ1) is 14.0. The highest BCUT2D eigenvalue weighted by Crippen LogP contribution is 2.17. The maximum Gasteiger partial charge on any atom is 0.275 e. The minimum Gasteiger partial charge on any atom is -0.383 e. The molecule has 3 rings (SSSR count). The Morgan fingerprint density at radius 1 is 1.21 bits per heavy atom. The van der Waals surface area contributed by atoms with Crippen molar-refractivity contribution < 1.29 is 4.74 Å². The minimum absolute atomic E-state index is 0.114. The predicted molar refractivity (Wildman–Crippen MR) is 118 cm³/mol. The zero-order valence-electron chi connectivity index (χ0n) is 17.7. The predicted octanol–water partition coefficient (Wildman–Crippen LogP) is 3.88. The molecule has 0 saturated heterocycles. The van der Waals surface area contributed by atoms with Crippen LogP contribution in [0.4, 0.5) is 0 Å². The zero-order chi connectivity index (χ0) is 20.8. The van der Waals surface area contributed by atoms with Crippen molar-refractivity contribution in [3.05, 3.63) is 62.5 Å². The molecule has 0 amide bonds. The molecule has 0 aliphatic rings. The van der Waals surface area contributed by atoms with Gasteiger partial charge in [-0.3, -0.25) is 9.69 Å². The van der Waals surface area contributed by atoms with Crippen LogP contribution in [0.25, 0.3) is 4.96 Å². The van der Waals surface area contributed by atoms with E-state index < -0.39 is 0 Å². The third-order valence-corrected chi connectivity index (χ3v) is 5.82. The molecule has 0 aliphatic carbocycles. The SMILES string of the molecule is CCCc1nn2c(=O)cc(CN(CCOC)Cc3ccc(C(C)C)cc3)nc2s1. The van der Waals surface area contributed by atoms with E-state index in [1.807, 2.05) is 0 Å². The normalized spacial score (nSPS) is 11.8. The number of ether oxygens (including phenoxy) is 1. The van der Waals surface area contributed by atoms with Crippen molar-refractivity contribution in [2.24, 2.45) is 0 Å². The molecule has 1 aromatic carbocycles. The van der Waals surface area contributed by atoms with Gasteiger partial charge in [0.1, 0.15) is 5.01 Å². The molecule has 2 heterocycles. The molecule has 0 spiro atoms. The lowest BCUT2D eigenvalue weighted by molar-refractivity contribution is 0.139. The Balaban J connectivity index is 1.79. The van der Waals surface area contributed by atoms with Crippen molar-refractivity contribution in [2.45, 2.75) is 52.6 Å². The summed E-state index contributed by atoms with van der Waals surface area (Å²) in [4.78, 5) is 20.1. The summed E-state index contributed by atoms with van der Waals surface area (Å²) in [5, 5.41) is 5.34. The van der Waals surface area contributed by atoms with Crippen LogP contribution < -0.4 is 5.56 Å². The molecule has 0 saturated carbocycles. The van der Waals surface area contributed by atoms with Gasteiger partial charge < -0.3 is 4.74 Å². The van der Waals surface area contributed by atoms with Crippen LogP contribution in [0.2, 0.25) is 0 Å². The third kappa shape index (κ3) is 5.72. The van der Waals surface area contributed by atoms with E-state index >= 15 is 0 Å². The van der Waals surface area contributed by atoms with Crippen LogP contribution >= 0.6 is 11.3 Å². The van der Waals surface area contributed by atoms with Gasteiger partial charge in [-0.15, -0.1) is 0 Å². The molecule has 0 aliphatic heterocycles. The van der Waals surface area contributed by atoms with Gasteiger partial charge in [-0.05, 0) is 23.5 Å². The summed E-state index contributed by atoms with van der Waals surface area (Å²) in [7, 11) is 1.71. The quantitative estimate of drug-likeness (QED) is 0.504. The fourth-order valence-corrected chi connectivity index (χ4v) is 4.24. The van der Waals surface area contributed by atoms with Gasteiger partial charge >= 0.3 is 0 Å². The summed E-state index contributed by atoms with van der Waals surface area (Å²) in [6, 6.07) is 10.3. The van der Waals surface area contributed by atoms with Crippen molar-refractivity contribution in [1.29, 1.82) is 0 Å². The Kier molecular flexibility index (Phi) is 7.52. The van der Waals surface area contributed by atoms with Gasteiger partial charge in [0.05, 0.1) is 12.3 Å². The molecule has 156 valence electrons. The first kappa shape index (κ1) is 21.6. The van der Waals surface area contributed by atoms with E-state index in [0.717, 1.165) is 36.6 Å². The number of benzene rings is 1. The minimum atomic E-state index is -0.114. The first-order valence-corrected chi connectivity index (χ1v) is 11.0. The fraction of sp³-hybridized carbons (Fsp3) is 0.500. The van der Waals surface area contributed by atoms with Crippen LogP contribution in [0, 0.1) is 0 Å². The van der Waals surface area contributed by atoms with Crippen LogP contribution in [0.3, 0.4) is 0 Å². The number of hydrogen-bond donors (Lipinski definition) is 0. The number of aromatic nitrogens is 3. The van der Waals surface area contributed by atoms with Gasteiger partial charge in [0.15, 0.2) is 0 Å². The number of nitrogens with zero attached hydrogens (tertiary/aromatic N) is 4. The Hall–Kier alpha value is -2.09. The molecule has 0 bridgehead atoms. The number of rotatable bonds is 10. The molecule has 2 aromatic heterocycles. The summed E-state index contributed by atoms with van der Waals surface area (Å²) >= 11 is 1.50. The lowest BCUT2D eigenvalue weighted by Gasteiger charge is -2.22. The lowest BCUT2D eigenvalue weighted by Crippen LogP contribution is -2.28. The van der Waals surface area contributed by atoms with E-state index in [4.69, 9.17) is 9.72 Å². The second-order valence-electron chi connectivity index (χ2n) is 7.63. The maximum atomic E-state index is 12.5. The molecule has 6 nitrogen and oxygen atoms in total. The molecule has 0 unspecified atom stereocenters. The van der Waals surface area contributed by atoms with Crippen LogP contribution in [0.5, 0.6) is 0 Å². The van der Waals surface area contributed by atoms with Gasteiger partial charge in [0.2, 0.25) is 4.96 Å². The third-order valence-electron chi connectivity index (χ3n) is 4.85. The highest BCUT2D eigenvalue weighted by molar-refractivity contribution is 7.16. The van der Waals surface area contributed by atoms with Crippen molar-refractivity contribution in [3.63, 3.8) is 0 Å². The smallest absolute Gasteiger partial charge is 0.275 e. The average molecular weight is 415 g/mol. The molecular formula is C22H30N4O2S. The Morgan fingerprint density at radius 3 is 2.62 bits per heavy atom. The van der Waals surface area contributed by atoms with Gasteiger partial charge in [-0.1, -0.05) is 56.4 Å². The summed E-state index contributed by atoms with van der Waals surface area (Å²) in [6.45, 7) is 9.29. The van der Waals surface area contributed by atoms with Crippen molar-refractivity contribution >= 4 is 16.3 Å². The molecule has 0 N–H and O–H groups in total. The van der Waals surface area contributed by atoms with Gasteiger partial charge in [-0.25, -0.2) is 4.98 Å². The molecule has 0 radical (unpaired) electrons. The molecule has 29 heavy (non-hydrogen) atoms. The summed E-state index contributed by atoms with van der Waals surface area (Å²) < 4.78 is 6.71. The molecule has 0 fully saturated rings. The standard InChI is InChI=1S/C22H30N4O2S/c1-5-6-20-24-26-21(27)13-19(23-22(26)29-20)15-25(11-12-28-4)14-17-7-9-18(10-8-17)16(2)3/h7-10,13,16H,5-6,11-12,14-15H2,1-4H3. The van der Waals surface area contributed by atoms with E-state index in [9.17, 15) is 4.79 Å². The summed E-state index contributed by atoms with van der Waals surface area (Å²) in [6.07, 6.45) is 1.87. The van der Waals surface area contributed by atoms with Crippen LogP contribution in [-0.2, 0) is 24.2 Å². The zero-order valence-corrected chi connectivity index (χ0v) is 18.5. The van der Waals surface area contributed by atoms with Crippen LogP contribution in [0.1, 0.15) is 54.9 Å². The summed E-state index contributed by atoms with van der Waals surface area (Å²) in [5.74, 6) is 0.523.